The minimum Gasteiger partial charge on any atom is -0.437 e. The second-order valence-electron chi connectivity index (χ2n) is 4.00. The number of rotatable bonds is 2. The van der Waals surface area contributed by atoms with Crippen LogP contribution in [0.3, 0.4) is 0 Å². The van der Waals surface area contributed by atoms with E-state index < -0.39 is 11.9 Å². The molecule has 4 heteroatoms. The van der Waals surface area contributed by atoms with Crippen LogP contribution in [0.5, 0.6) is 5.75 Å². The highest BCUT2D eigenvalue weighted by Gasteiger charge is 2.13. The van der Waals surface area contributed by atoms with Gasteiger partial charge >= 0.3 is 6.16 Å². The predicted molar refractivity (Wildman–Crippen MR) is 77.1 cm³/mol. The third kappa shape index (κ3) is 3.95. The smallest absolute Gasteiger partial charge is 0.437 e. The van der Waals surface area contributed by atoms with Crippen LogP contribution in [0.25, 0.3) is 0 Å². The lowest BCUT2D eigenvalue weighted by Gasteiger charge is -2.05. The van der Waals surface area contributed by atoms with Crippen molar-refractivity contribution in [3.63, 3.8) is 0 Å². The summed E-state index contributed by atoms with van der Waals surface area (Å²) in [5.41, 5.74) is 0.948. The SMILES string of the molecule is COC(=O)Oc1ccccc1C(=O)C#Cc1ccccc1. The van der Waals surface area contributed by atoms with Gasteiger partial charge in [-0.1, -0.05) is 36.3 Å². The van der Waals surface area contributed by atoms with Crippen molar-refractivity contribution in [2.75, 3.05) is 7.11 Å². The number of methoxy groups -OCH3 is 1. The van der Waals surface area contributed by atoms with Gasteiger partial charge in [0.2, 0.25) is 5.78 Å². The van der Waals surface area contributed by atoms with E-state index in [-0.39, 0.29) is 11.3 Å². The van der Waals surface area contributed by atoms with Crippen molar-refractivity contribution in [1.82, 2.24) is 0 Å². The molecule has 0 unspecified atom stereocenters. The second kappa shape index (κ2) is 6.92. The molecule has 0 saturated carbocycles. The molecule has 4 nitrogen and oxygen atoms in total. The number of Topliss-reactive ketones (excluding diaryl/α,β-unsaturated/α-hetero) is 1. The fraction of sp³-hybridized carbons (Fsp3) is 0.0588. The van der Waals surface area contributed by atoms with Gasteiger partial charge in [-0.05, 0) is 30.2 Å². The summed E-state index contributed by atoms with van der Waals surface area (Å²) in [5.74, 6) is 4.98. The number of ether oxygens (including phenoxy) is 2. The van der Waals surface area contributed by atoms with Crippen molar-refractivity contribution in [1.29, 1.82) is 0 Å². The Hall–Kier alpha value is -3.06. The Bertz CT molecular complexity index is 708. The molecule has 0 fully saturated rings. The van der Waals surface area contributed by atoms with E-state index in [1.165, 1.54) is 13.2 Å². The number of ketones is 1. The van der Waals surface area contributed by atoms with Crippen LogP contribution < -0.4 is 4.74 Å². The van der Waals surface area contributed by atoms with Gasteiger partial charge in [0.1, 0.15) is 5.75 Å². The van der Waals surface area contributed by atoms with Crippen molar-refractivity contribution in [2.45, 2.75) is 0 Å². The molecule has 104 valence electrons. The number of benzene rings is 2. The summed E-state index contributed by atoms with van der Waals surface area (Å²) >= 11 is 0. The molecule has 21 heavy (non-hydrogen) atoms. The highest BCUT2D eigenvalue weighted by atomic mass is 16.7. The molecular formula is C17H12O4. The number of hydrogen-bond acceptors (Lipinski definition) is 4. The van der Waals surface area contributed by atoms with Crippen molar-refractivity contribution < 1.29 is 19.1 Å². The highest BCUT2D eigenvalue weighted by molar-refractivity contribution is 6.11. The molecular weight excluding hydrogens is 268 g/mol. The first-order chi connectivity index (χ1) is 10.2. The van der Waals surface area contributed by atoms with Crippen molar-refractivity contribution in [2.24, 2.45) is 0 Å². The summed E-state index contributed by atoms with van der Waals surface area (Å²) in [7, 11) is 1.20. The fourth-order valence-corrected chi connectivity index (χ4v) is 1.59. The molecule has 2 aromatic rings. The average Bonchev–Trinajstić information content (AvgIpc) is 2.54. The van der Waals surface area contributed by atoms with Crippen LogP contribution in [0, 0.1) is 11.8 Å². The molecule has 0 atom stereocenters. The largest absolute Gasteiger partial charge is 0.513 e. The van der Waals surface area contributed by atoms with Gasteiger partial charge in [0, 0.05) is 5.56 Å². The van der Waals surface area contributed by atoms with E-state index in [2.05, 4.69) is 16.6 Å². The molecule has 0 aliphatic heterocycles. The number of para-hydroxylation sites is 1. The Balaban J connectivity index is 2.24. The maximum Gasteiger partial charge on any atom is 0.513 e. The van der Waals surface area contributed by atoms with Crippen LogP contribution in [-0.2, 0) is 4.74 Å². The molecule has 0 aliphatic carbocycles. The molecule has 0 saturated heterocycles. The van der Waals surface area contributed by atoms with E-state index in [1.54, 1.807) is 30.3 Å². The molecule has 0 aliphatic rings. The number of hydrogen-bond donors (Lipinski definition) is 0. The first-order valence-electron chi connectivity index (χ1n) is 6.17. The zero-order valence-electron chi connectivity index (χ0n) is 11.3. The van der Waals surface area contributed by atoms with E-state index in [9.17, 15) is 9.59 Å². The standard InChI is InChI=1S/C17H12O4/c1-20-17(19)21-16-10-6-5-9-14(16)15(18)12-11-13-7-3-2-4-8-13/h2-10H,1H3. The van der Waals surface area contributed by atoms with Gasteiger partial charge in [-0.3, -0.25) is 4.79 Å². The quantitative estimate of drug-likeness (QED) is 0.367. The van der Waals surface area contributed by atoms with Gasteiger partial charge < -0.3 is 9.47 Å². The number of carbonyl (C=O) groups is 2. The van der Waals surface area contributed by atoms with Crippen LogP contribution in [0.1, 0.15) is 15.9 Å². The molecule has 0 radical (unpaired) electrons. The lowest BCUT2D eigenvalue weighted by atomic mass is 10.1. The van der Waals surface area contributed by atoms with E-state index in [1.807, 2.05) is 18.2 Å². The first-order valence-corrected chi connectivity index (χ1v) is 6.17. The van der Waals surface area contributed by atoms with Crippen molar-refractivity contribution >= 4 is 11.9 Å². The third-order valence-electron chi connectivity index (χ3n) is 2.59. The summed E-state index contributed by atoms with van der Waals surface area (Å²) in [5, 5.41) is 0. The van der Waals surface area contributed by atoms with Crippen LogP contribution in [-0.4, -0.2) is 19.0 Å². The maximum absolute atomic E-state index is 12.1. The minimum atomic E-state index is -0.883. The van der Waals surface area contributed by atoms with Crippen LogP contribution in [0.4, 0.5) is 4.79 Å². The summed E-state index contributed by atoms with van der Waals surface area (Å²) in [6.07, 6.45) is -0.883. The Morgan fingerprint density at radius 3 is 2.33 bits per heavy atom. The summed E-state index contributed by atoms with van der Waals surface area (Å²) in [4.78, 5) is 23.2. The van der Waals surface area contributed by atoms with Crippen LogP contribution in [0.15, 0.2) is 54.6 Å². The zero-order chi connectivity index (χ0) is 15.1. The Morgan fingerprint density at radius 1 is 0.952 bits per heavy atom. The molecule has 0 amide bonds. The molecule has 2 rings (SSSR count). The second-order valence-corrected chi connectivity index (χ2v) is 4.00. The Kier molecular flexibility index (Phi) is 4.73. The normalized spacial score (nSPS) is 9.19. The first kappa shape index (κ1) is 14.4. The van der Waals surface area contributed by atoms with Gasteiger partial charge in [-0.25, -0.2) is 4.79 Å². The molecule has 2 aromatic carbocycles. The van der Waals surface area contributed by atoms with Gasteiger partial charge in [0.15, 0.2) is 0 Å². The lowest BCUT2D eigenvalue weighted by Crippen LogP contribution is -2.10. The Labute approximate surface area is 122 Å². The molecule has 0 spiro atoms. The highest BCUT2D eigenvalue weighted by Crippen LogP contribution is 2.18. The van der Waals surface area contributed by atoms with Gasteiger partial charge in [-0.2, -0.15) is 0 Å². The monoisotopic (exact) mass is 280 g/mol. The van der Waals surface area contributed by atoms with Crippen LogP contribution >= 0.6 is 0 Å². The van der Waals surface area contributed by atoms with Gasteiger partial charge in [0.05, 0.1) is 12.7 Å². The molecule has 0 bridgehead atoms. The van der Waals surface area contributed by atoms with E-state index in [0.29, 0.717) is 0 Å². The van der Waals surface area contributed by atoms with Crippen LogP contribution in [0.2, 0.25) is 0 Å². The van der Waals surface area contributed by atoms with Crippen molar-refractivity contribution in [3.05, 3.63) is 65.7 Å². The zero-order valence-corrected chi connectivity index (χ0v) is 11.3. The van der Waals surface area contributed by atoms with Gasteiger partial charge in [0.25, 0.3) is 0 Å². The number of carbonyl (C=O) groups excluding carboxylic acids is 2. The molecule has 0 N–H and O–H groups in total. The summed E-state index contributed by atoms with van der Waals surface area (Å²) < 4.78 is 9.33. The Morgan fingerprint density at radius 2 is 1.62 bits per heavy atom. The average molecular weight is 280 g/mol. The summed E-state index contributed by atoms with van der Waals surface area (Å²) in [6, 6.07) is 15.5. The third-order valence-corrected chi connectivity index (χ3v) is 2.59. The predicted octanol–water partition coefficient (Wildman–Crippen LogP) is 3.07. The minimum absolute atomic E-state index is 0.122. The topological polar surface area (TPSA) is 52.6 Å². The van der Waals surface area contributed by atoms with E-state index in [4.69, 9.17) is 4.74 Å². The summed E-state index contributed by atoms with van der Waals surface area (Å²) in [6.45, 7) is 0. The lowest BCUT2D eigenvalue weighted by molar-refractivity contribution is 0.104. The van der Waals surface area contributed by atoms with Gasteiger partial charge in [-0.15, -0.1) is 0 Å². The van der Waals surface area contributed by atoms with E-state index >= 15 is 0 Å². The maximum atomic E-state index is 12.1. The van der Waals surface area contributed by atoms with Crippen molar-refractivity contribution in [3.8, 4) is 17.6 Å². The molecule has 0 heterocycles. The van der Waals surface area contributed by atoms with E-state index in [0.717, 1.165) is 5.56 Å². The fourth-order valence-electron chi connectivity index (χ4n) is 1.59. The molecule has 0 aromatic heterocycles.